The summed E-state index contributed by atoms with van der Waals surface area (Å²) in [6.45, 7) is 2.76. The van der Waals surface area contributed by atoms with E-state index in [1.54, 1.807) is 11.8 Å². The first-order chi connectivity index (χ1) is 14.9. The normalized spacial score (nSPS) is 15.8. The summed E-state index contributed by atoms with van der Waals surface area (Å²) >= 11 is 0. The third-order valence-electron chi connectivity index (χ3n) is 4.78. The second kappa shape index (κ2) is 9.83. The Kier molecular flexibility index (Phi) is 6.96. The number of carbonyl (C=O) groups excluding carboxylic acids is 2. The number of esters is 2. The molecule has 2 heterocycles. The number of methoxy groups -OCH3 is 1. The molecule has 11 nitrogen and oxygen atoms in total. The Morgan fingerprint density at radius 1 is 1.26 bits per heavy atom. The number of nitrogens with zero attached hydrogens (tertiary/aromatic N) is 4. The molecule has 164 valence electrons. The van der Waals surface area contributed by atoms with Crippen molar-refractivity contribution in [1.82, 2.24) is 9.97 Å². The van der Waals surface area contributed by atoms with Gasteiger partial charge in [-0.3, -0.25) is 14.9 Å². The van der Waals surface area contributed by atoms with E-state index in [1.165, 1.54) is 37.7 Å². The SMILES string of the molecule is CCOC(=O)C1CCCN(c2ncnc(Oc3ccc(C(=O)OC)cc3)c2[N+](=O)[O-])C1. The predicted molar refractivity (Wildman–Crippen MR) is 108 cm³/mol. The van der Waals surface area contributed by atoms with Gasteiger partial charge in [-0.05, 0) is 44.0 Å². The Balaban J connectivity index is 1.87. The highest BCUT2D eigenvalue weighted by Crippen LogP contribution is 2.37. The zero-order chi connectivity index (χ0) is 22.4. The summed E-state index contributed by atoms with van der Waals surface area (Å²) in [5.41, 5.74) is -0.0879. The summed E-state index contributed by atoms with van der Waals surface area (Å²) in [4.78, 5) is 44.6. The number of hydrogen-bond acceptors (Lipinski definition) is 10. The minimum absolute atomic E-state index is 0.0789. The lowest BCUT2D eigenvalue weighted by Gasteiger charge is -2.31. The second-order valence-electron chi connectivity index (χ2n) is 6.76. The Bertz CT molecular complexity index is 965. The van der Waals surface area contributed by atoms with E-state index in [4.69, 9.17) is 9.47 Å². The average Bonchev–Trinajstić information content (AvgIpc) is 2.79. The van der Waals surface area contributed by atoms with Crippen LogP contribution in [0.1, 0.15) is 30.1 Å². The van der Waals surface area contributed by atoms with Gasteiger partial charge >= 0.3 is 23.5 Å². The Morgan fingerprint density at radius 3 is 2.65 bits per heavy atom. The number of piperidine rings is 1. The molecule has 31 heavy (non-hydrogen) atoms. The molecule has 1 aliphatic heterocycles. The van der Waals surface area contributed by atoms with Crippen LogP contribution in [0.25, 0.3) is 0 Å². The van der Waals surface area contributed by atoms with Crippen molar-refractivity contribution in [2.24, 2.45) is 5.92 Å². The van der Waals surface area contributed by atoms with E-state index >= 15 is 0 Å². The van der Waals surface area contributed by atoms with Crippen molar-refractivity contribution in [2.75, 3.05) is 31.7 Å². The number of anilines is 1. The molecular weight excluding hydrogens is 408 g/mol. The fourth-order valence-corrected chi connectivity index (χ4v) is 3.33. The number of aromatic nitrogens is 2. The Hall–Kier alpha value is -3.76. The first-order valence-electron chi connectivity index (χ1n) is 9.71. The minimum Gasteiger partial charge on any atom is -0.466 e. The van der Waals surface area contributed by atoms with Crippen LogP contribution in [-0.4, -0.2) is 53.6 Å². The number of rotatable bonds is 7. The third-order valence-corrected chi connectivity index (χ3v) is 4.78. The van der Waals surface area contributed by atoms with Crippen LogP contribution in [0.3, 0.4) is 0 Å². The summed E-state index contributed by atoms with van der Waals surface area (Å²) in [5.74, 6) is -1.13. The number of benzene rings is 1. The highest BCUT2D eigenvalue weighted by Gasteiger charge is 2.34. The van der Waals surface area contributed by atoms with Crippen LogP contribution in [0.2, 0.25) is 0 Å². The smallest absolute Gasteiger partial charge is 0.373 e. The molecule has 1 fully saturated rings. The van der Waals surface area contributed by atoms with E-state index in [0.717, 1.165) is 0 Å². The summed E-state index contributed by atoms with van der Waals surface area (Å²) in [7, 11) is 1.27. The third kappa shape index (κ3) is 5.05. The standard InChI is InChI=1S/C20H22N4O7/c1-3-30-20(26)14-5-4-10-23(11-14)17-16(24(27)28)18(22-12-21-17)31-15-8-6-13(7-9-15)19(25)29-2/h6-9,12,14H,3-5,10-11H2,1-2H3. The molecule has 11 heteroatoms. The van der Waals surface area contributed by atoms with Crippen LogP contribution in [0.15, 0.2) is 30.6 Å². The molecule has 1 aromatic heterocycles. The molecule has 0 spiro atoms. The fraction of sp³-hybridized carbons (Fsp3) is 0.400. The van der Waals surface area contributed by atoms with Gasteiger partial charge < -0.3 is 19.1 Å². The topological polar surface area (TPSA) is 134 Å². The summed E-state index contributed by atoms with van der Waals surface area (Å²) in [6, 6.07) is 5.91. The van der Waals surface area contributed by atoms with Crippen LogP contribution in [0.4, 0.5) is 11.5 Å². The molecular formula is C20H22N4O7. The van der Waals surface area contributed by atoms with Gasteiger partial charge in [-0.15, -0.1) is 0 Å². The number of carbonyl (C=O) groups is 2. The van der Waals surface area contributed by atoms with E-state index < -0.39 is 22.5 Å². The first kappa shape index (κ1) is 21.9. The lowest BCUT2D eigenvalue weighted by Crippen LogP contribution is -2.40. The Labute approximate surface area is 178 Å². The predicted octanol–water partition coefficient (Wildman–Crippen LogP) is 2.74. The van der Waals surface area contributed by atoms with Crippen molar-refractivity contribution in [3.05, 3.63) is 46.3 Å². The van der Waals surface area contributed by atoms with Crippen LogP contribution in [0.5, 0.6) is 11.6 Å². The van der Waals surface area contributed by atoms with Crippen molar-refractivity contribution < 1.29 is 28.7 Å². The van der Waals surface area contributed by atoms with Crippen molar-refractivity contribution in [1.29, 1.82) is 0 Å². The highest BCUT2D eigenvalue weighted by molar-refractivity contribution is 5.89. The molecule has 0 N–H and O–H groups in total. The molecule has 0 radical (unpaired) electrons. The lowest BCUT2D eigenvalue weighted by molar-refractivity contribution is -0.385. The second-order valence-corrected chi connectivity index (χ2v) is 6.76. The maximum absolute atomic E-state index is 12.1. The Morgan fingerprint density at radius 2 is 2.00 bits per heavy atom. The monoisotopic (exact) mass is 430 g/mol. The van der Waals surface area contributed by atoms with Gasteiger partial charge in [-0.2, -0.15) is 4.98 Å². The summed E-state index contributed by atoms with van der Waals surface area (Å²) in [6.07, 6.45) is 2.48. The van der Waals surface area contributed by atoms with E-state index in [2.05, 4.69) is 14.7 Å². The van der Waals surface area contributed by atoms with Crippen molar-refractivity contribution in [3.63, 3.8) is 0 Å². The van der Waals surface area contributed by atoms with Gasteiger partial charge in [0.2, 0.25) is 5.82 Å². The molecule has 2 aromatic rings. The molecule has 0 amide bonds. The quantitative estimate of drug-likeness (QED) is 0.366. The molecule has 0 aliphatic carbocycles. The van der Waals surface area contributed by atoms with E-state index in [-0.39, 0.29) is 36.6 Å². The van der Waals surface area contributed by atoms with Crippen molar-refractivity contribution in [2.45, 2.75) is 19.8 Å². The van der Waals surface area contributed by atoms with Gasteiger partial charge in [-0.25, -0.2) is 9.78 Å². The van der Waals surface area contributed by atoms with Gasteiger partial charge in [0.15, 0.2) is 0 Å². The van der Waals surface area contributed by atoms with Crippen LogP contribution >= 0.6 is 0 Å². The van der Waals surface area contributed by atoms with Crippen LogP contribution < -0.4 is 9.64 Å². The zero-order valence-electron chi connectivity index (χ0n) is 17.1. The highest BCUT2D eigenvalue weighted by atomic mass is 16.6. The van der Waals surface area contributed by atoms with Gasteiger partial charge in [0.05, 0.1) is 30.1 Å². The number of hydrogen-bond donors (Lipinski definition) is 0. The van der Waals surface area contributed by atoms with Gasteiger partial charge in [0, 0.05) is 13.1 Å². The zero-order valence-corrected chi connectivity index (χ0v) is 17.1. The molecule has 1 saturated heterocycles. The molecule has 1 unspecified atom stereocenters. The van der Waals surface area contributed by atoms with Gasteiger partial charge in [-0.1, -0.05) is 0 Å². The molecule has 1 atom stereocenters. The van der Waals surface area contributed by atoms with Gasteiger partial charge in [0.25, 0.3) is 0 Å². The van der Waals surface area contributed by atoms with Crippen molar-refractivity contribution in [3.8, 4) is 11.6 Å². The van der Waals surface area contributed by atoms with E-state index in [0.29, 0.717) is 24.9 Å². The lowest BCUT2D eigenvalue weighted by atomic mass is 9.98. The largest absolute Gasteiger partial charge is 0.466 e. The van der Waals surface area contributed by atoms with Crippen LogP contribution in [-0.2, 0) is 14.3 Å². The number of ether oxygens (including phenoxy) is 3. The molecule has 0 bridgehead atoms. The fourth-order valence-electron chi connectivity index (χ4n) is 3.33. The minimum atomic E-state index is -0.610. The van der Waals surface area contributed by atoms with Crippen LogP contribution in [0, 0.1) is 16.0 Å². The molecule has 0 saturated carbocycles. The van der Waals surface area contributed by atoms with Crippen molar-refractivity contribution >= 4 is 23.4 Å². The summed E-state index contributed by atoms with van der Waals surface area (Å²) in [5, 5.41) is 11.8. The maximum atomic E-state index is 12.1. The summed E-state index contributed by atoms with van der Waals surface area (Å²) < 4.78 is 15.4. The number of nitro groups is 1. The molecule has 1 aromatic carbocycles. The van der Waals surface area contributed by atoms with E-state index in [1.807, 2.05) is 0 Å². The average molecular weight is 430 g/mol. The maximum Gasteiger partial charge on any atom is 0.373 e. The molecule has 1 aliphatic rings. The first-order valence-corrected chi connectivity index (χ1v) is 9.71. The van der Waals surface area contributed by atoms with E-state index in [9.17, 15) is 19.7 Å². The molecule has 3 rings (SSSR count). The van der Waals surface area contributed by atoms with Gasteiger partial charge in [0.1, 0.15) is 12.1 Å².